The smallest absolute Gasteiger partial charge is 0.272 e. The van der Waals surface area contributed by atoms with Crippen LogP contribution in [0.2, 0.25) is 0 Å². The predicted octanol–water partition coefficient (Wildman–Crippen LogP) is 5.27. The molecule has 6 nitrogen and oxygen atoms in total. The summed E-state index contributed by atoms with van der Waals surface area (Å²) >= 11 is 0. The maximum atomic E-state index is 13.4. The molecule has 1 aliphatic rings. The third-order valence-electron chi connectivity index (χ3n) is 5.86. The minimum Gasteiger partial charge on any atom is -0.324 e. The fourth-order valence-electron chi connectivity index (χ4n) is 4.32. The number of fused-ring (bicyclic) bond motifs is 1. The van der Waals surface area contributed by atoms with Crippen LogP contribution in [0.5, 0.6) is 0 Å². The van der Waals surface area contributed by atoms with Crippen molar-refractivity contribution in [3.63, 3.8) is 0 Å². The fourth-order valence-corrected chi connectivity index (χ4v) is 4.32. The van der Waals surface area contributed by atoms with E-state index in [0.29, 0.717) is 17.7 Å². The van der Waals surface area contributed by atoms with Gasteiger partial charge in [-0.1, -0.05) is 55.7 Å². The van der Waals surface area contributed by atoms with Crippen LogP contribution in [0.4, 0.5) is 11.4 Å². The van der Waals surface area contributed by atoms with Gasteiger partial charge in [0.05, 0.1) is 27.7 Å². The molecule has 1 saturated carbocycles. The second-order valence-electron chi connectivity index (χ2n) is 7.77. The first-order valence-electron chi connectivity index (χ1n) is 9.96. The number of rotatable bonds is 5. The number of nitrogens with one attached hydrogen (secondary N) is 1. The number of hydrogen-bond acceptors (Lipinski definition) is 4. The number of nitrogens with zero attached hydrogens (tertiary/aromatic N) is 2. The highest BCUT2D eigenvalue weighted by Crippen LogP contribution is 2.42. The van der Waals surface area contributed by atoms with Crippen LogP contribution < -0.4 is 5.32 Å². The summed E-state index contributed by atoms with van der Waals surface area (Å²) in [6, 6.07) is 16.4. The van der Waals surface area contributed by atoms with Crippen molar-refractivity contribution in [2.45, 2.75) is 38.5 Å². The number of carbonyl (C=O) groups excluding carboxylic acids is 1. The summed E-state index contributed by atoms with van der Waals surface area (Å²) in [5, 5.41) is 15.5. The third-order valence-corrected chi connectivity index (χ3v) is 5.86. The maximum absolute atomic E-state index is 13.4. The molecule has 4 rings (SSSR count). The van der Waals surface area contributed by atoms with E-state index in [1.165, 1.54) is 6.07 Å². The lowest BCUT2D eigenvalue weighted by Gasteiger charge is -2.36. The second-order valence-corrected chi connectivity index (χ2v) is 7.77. The Kier molecular flexibility index (Phi) is 5.25. The van der Waals surface area contributed by atoms with Crippen molar-refractivity contribution < 1.29 is 9.72 Å². The molecule has 1 heterocycles. The predicted molar refractivity (Wildman–Crippen MR) is 113 cm³/mol. The topological polar surface area (TPSA) is 85.1 Å². The van der Waals surface area contributed by atoms with Gasteiger partial charge in [-0.05, 0) is 31.4 Å². The summed E-state index contributed by atoms with van der Waals surface area (Å²) in [5.41, 5.74) is 1.58. The first-order chi connectivity index (χ1) is 14.1. The fraction of sp³-hybridized carbons (Fsp3) is 0.304. The molecule has 0 bridgehead atoms. The molecule has 1 aliphatic carbocycles. The van der Waals surface area contributed by atoms with E-state index in [-0.39, 0.29) is 16.5 Å². The SMILES string of the molecule is O=C(Nc1cnc2ccccc2c1)C1(Cc2ccccc2[N+](=O)[O-])CCCCC1. The van der Waals surface area contributed by atoms with Gasteiger partial charge in [0.2, 0.25) is 5.91 Å². The van der Waals surface area contributed by atoms with Crippen LogP contribution >= 0.6 is 0 Å². The zero-order valence-corrected chi connectivity index (χ0v) is 16.1. The molecule has 148 valence electrons. The molecule has 0 aliphatic heterocycles. The largest absolute Gasteiger partial charge is 0.324 e. The van der Waals surface area contributed by atoms with Gasteiger partial charge in [0.15, 0.2) is 0 Å². The van der Waals surface area contributed by atoms with Crippen LogP contribution in [-0.2, 0) is 11.2 Å². The zero-order chi connectivity index (χ0) is 20.3. The summed E-state index contributed by atoms with van der Waals surface area (Å²) in [4.78, 5) is 28.9. The molecule has 2 aromatic carbocycles. The van der Waals surface area contributed by atoms with E-state index < -0.39 is 5.41 Å². The molecule has 6 heteroatoms. The van der Waals surface area contributed by atoms with Crippen molar-refractivity contribution >= 4 is 28.2 Å². The Balaban J connectivity index is 1.63. The average Bonchev–Trinajstić information content (AvgIpc) is 2.74. The van der Waals surface area contributed by atoms with Crippen molar-refractivity contribution in [1.29, 1.82) is 0 Å². The Morgan fingerprint density at radius 1 is 1.07 bits per heavy atom. The first kappa shape index (κ1) is 19.1. The third kappa shape index (κ3) is 3.97. The molecule has 1 N–H and O–H groups in total. The summed E-state index contributed by atoms with van der Waals surface area (Å²) in [6.07, 6.45) is 6.48. The van der Waals surface area contributed by atoms with Gasteiger partial charge in [-0.15, -0.1) is 0 Å². The van der Waals surface area contributed by atoms with Gasteiger partial charge < -0.3 is 5.32 Å². The highest BCUT2D eigenvalue weighted by Gasteiger charge is 2.41. The Hall–Kier alpha value is -3.28. The molecule has 1 amide bonds. The number of nitro groups is 1. The van der Waals surface area contributed by atoms with Crippen molar-refractivity contribution in [2.75, 3.05) is 5.32 Å². The first-order valence-corrected chi connectivity index (χ1v) is 9.96. The average molecular weight is 389 g/mol. The van der Waals surface area contributed by atoms with Gasteiger partial charge in [0.25, 0.3) is 5.69 Å². The normalized spacial score (nSPS) is 15.7. The Labute approximate surface area is 169 Å². The van der Waals surface area contributed by atoms with Crippen LogP contribution in [0.25, 0.3) is 10.9 Å². The van der Waals surface area contributed by atoms with E-state index >= 15 is 0 Å². The lowest BCUT2D eigenvalue weighted by molar-refractivity contribution is -0.385. The quantitative estimate of drug-likeness (QED) is 0.475. The summed E-state index contributed by atoms with van der Waals surface area (Å²) in [5.74, 6) is -0.0765. The molecule has 0 unspecified atom stereocenters. The van der Waals surface area contributed by atoms with Crippen LogP contribution in [0, 0.1) is 15.5 Å². The molecule has 3 aromatic rings. The van der Waals surface area contributed by atoms with E-state index in [1.54, 1.807) is 24.4 Å². The molecule has 0 spiro atoms. The highest BCUT2D eigenvalue weighted by atomic mass is 16.6. The van der Waals surface area contributed by atoms with Crippen LogP contribution in [-0.4, -0.2) is 15.8 Å². The lowest BCUT2D eigenvalue weighted by atomic mass is 9.69. The molecular formula is C23H23N3O3. The number of carbonyl (C=O) groups is 1. The molecule has 1 aromatic heterocycles. The van der Waals surface area contributed by atoms with Crippen LogP contribution in [0.3, 0.4) is 0 Å². The van der Waals surface area contributed by atoms with Crippen LogP contribution in [0.15, 0.2) is 60.8 Å². The Morgan fingerprint density at radius 3 is 2.59 bits per heavy atom. The molecule has 0 radical (unpaired) electrons. The minimum atomic E-state index is -0.643. The Bertz CT molecular complexity index is 1060. The number of pyridine rings is 1. The van der Waals surface area contributed by atoms with E-state index in [9.17, 15) is 14.9 Å². The van der Waals surface area contributed by atoms with Crippen molar-refractivity contribution in [1.82, 2.24) is 4.98 Å². The molecule has 0 saturated heterocycles. The van der Waals surface area contributed by atoms with Gasteiger partial charge >= 0.3 is 0 Å². The highest BCUT2D eigenvalue weighted by molar-refractivity contribution is 5.97. The Morgan fingerprint density at radius 2 is 1.79 bits per heavy atom. The van der Waals surface area contributed by atoms with Gasteiger partial charge in [0.1, 0.15) is 0 Å². The van der Waals surface area contributed by atoms with Gasteiger partial charge in [-0.2, -0.15) is 0 Å². The van der Waals surface area contributed by atoms with E-state index in [2.05, 4.69) is 10.3 Å². The number of nitro benzene ring substituents is 1. The maximum Gasteiger partial charge on any atom is 0.272 e. The molecule has 0 atom stereocenters. The number of benzene rings is 2. The van der Waals surface area contributed by atoms with Gasteiger partial charge in [-0.25, -0.2) is 0 Å². The minimum absolute atomic E-state index is 0.0765. The number of para-hydroxylation sites is 2. The van der Waals surface area contributed by atoms with Crippen molar-refractivity contribution in [3.8, 4) is 0 Å². The summed E-state index contributed by atoms with van der Waals surface area (Å²) in [6.45, 7) is 0. The number of hydrogen-bond donors (Lipinski definition) is 1. The van der Waals surface area contributed by atoms with Crippen molar-refractivity contribution in [3.05, 3.63) is 76.5 Å². The number of anilines is 1. The molecule has 29 heavy (non-hydrogen) atoms. The lowest BCUT2D eigenvalue weighted by Crippen LogP contribution is -2.40. The van der Waals surface area contributed by atoms with Crippen molar-refractivity contribution in [2.24, 2.45) is 5.41 Å². The molecule has 1 fully saturated rings. The molecular weight excluding hydrogens is 366 g/mol. The summed E-state index contributed by atoms with van der Waals surface area (Å²) < 4.78 is 0. The van der Waals surface area contributed by atoms with E-state index in [0.717, 1.165) is 43.0 Å². The second kappa shape index (κ2) is 7.99. The number of amides is 1. The van der Waals surface area contributed by atoms with Crippen LogP contribution in [0.1, 0.15) is 37.7 Å². The van der Waals surface area contributed by atoms with E-state index in [1.807, 2.05) is 30.3 Å². The zero-order valence-electron chi connectivity index (χ0n) is 16.1. The summed E-state index contributed by atoms with van der Waals surface area (Å²) in [7, 11) is 0. The van der Waals surface area contributed by atoms with Gasteiger partial charge in [0, 0.05) is 17.0 Å². The monoisotopic (exact) mass is 389 g/mol. The van der Waals surface area contributed by atoms with Gasteiger partial charge in [-0.3, -0.25) is 19.9 Å². The standard InChI is InChI=1S/C23H23N3O3/c27-22(25-19-14-17-8-2-4-10-20(17)24-16-19)23(12-6-1-7-13-23)15-18-9-3-5-11-21(18)26(28)29/h2-5,8-11,14,16H,1,6-7,12-13,15H2,(H,25,27). The number of aromatic nitrogens is 1. The van der Waals surface area contributed by atoms with E-state index in [4.69, 9.17) is 0 Å².